The highest BCUT2D eigenvalue weighted by molar-refractivity contribution is 7.80. The predicted octanol–water partition coefficient (Wildman–Crippen LogP) is 2.31. The van der Waals surface area contributed by atoms with Crippen molar-refractivity contribution in [3.05, 3.63) is 30.5 Å². The topological polar surface area (TPSA) is 133 Å². The van der Waals surface area contributed by atoms with Crippen LogP contribution >= 0.6 is 0 Å². The number of Topliss-reactive ketones (excluding diaryl/α,β-unsaturated/α-hetero) is 1. The molecule has 10 nitrogen and oxygen atoms in total. The first-order valence-electron chi connectivity index (χ1n) is 12.0. The number of halogens is 3. The number of nitrogens with one attached hydrogen (secondary N) is 2. The quantitative estimate of drug-likeness (QED) is 0.384. The minimum Gasteiger partial charge on any atom is -0.755 e. The lowest BCUT2D eigenvalue weighted by atomic mass is 9.95. The van der Waals surface area contributed by atoms with E-state index in [4.69, 9.17) is 0 Å². The molecule has 38 heavy (non-hydrogen) atoms. The molecule has 1 unspecified atom stereocenters. The van der Waals surface area contributed by atoms with Gasteiger partial charge < -0.3 is 19.8 Å². The Morgan fingerprint density at radius 1 is 1.32 bits per heavy atom. The van der Waals surface area contributed by atoms with E-state index in [0.29, 0.717) is 13.0 Å². The van der Waals surface area contributed by atoms with Crippen LogP contribution in [0.2, 0.25) is 0 Å². The van der Waals surface area contributed by atoms with Crippen LogP contribution in [0.1, 0.15) is 33.1 Å². The monoisotopic (exact) mass is 559 g/mol. The number of benzene rings is 1. The molecule has 4 atom stereocenters. The van der Waals surface area contributed by atoms with Crippen molar-refractivity contribution in [1.82, 2.24) is 15.2 Å². The van der Waals surface area contributed by atoms with E-state index in [0.717, 1.165) is 15.2 Å². The van der Waals surface area contributed by atoms with Crippen molar-refractivity contribution < 1.29 is 41.1 Å². The first-order valence-corrected chi connectivity index (χ1v) is 13.0. The van der Waals surface area contributed by atoms with Crippen LogP contribution in [-0.2, 0) is 37.4 Å². The minimum atomic E-state index is -5.07. The highest BCUT2D eigenvalue weighted by Gasteiger charge is 2.37. The van der Waals surface area contributed by atoms with E-state index in [9.17, 15) is 36.3 Å². The zero-order chi connectivity index (χ0) is 28.2. The van der Waals surface area contributed by atoms with Crippen molar-refractivity contribution in [3.8, 4) is 0 Å². The zero-order valence-corrected chi connectivity index (χ0v) is 21.9. The molecule has 1 fully saturated rings. The molecule has 3 rings (SSSR count). The second-order valence-electron chi connectivity index (χ2n) is 9.63. The molecule has 1 aromatic carbocycles. The zero-order valence-electron chi connectivity index (χ0n) is 21.1. The number of ether oxygens (including phenoxy) is 1. The fourth-order valence-electron chi connectivity index (χ4n) is 4.48. The van der Waals surface area contributed by atoms with Crippen LogP contribution in [0.15, 0.2) is 30.5 Å². The number of rotatable bonds is 12. The highest BCUT2D eigenvalue weighted by Crippen LogP contribution is 2.28. The van der Waals surface area contributed by atoms with Crippen LogP contribution in [0.5, 0.6) is 0 Å². The van der Waals surface area contributed by atoms with Crippen LogP contribution < -0.4 is 14.9 Å². The van der Waals surface area contributed by atoms with E-state index in [1.807, 2.05) is 11.6 Å². The normalized spacial score (nSPS) is 18.3. The van der Waals surface area contributed by atoms with Gasteiger partial charge in [-0.15, -0.1) is 13.2 Å². The molecule has 0 radical (unpaired) electrons. The molecular weight excluding hydrogens is 529 g/mol. The van der Waals surface area contributed by atoms with Gasteiger partial charge in [-0.05, 0) is 49.4 Å². The van der Waals surface area contributed by atoms with Crippen molar-refractivity contribution in [2.24, 2.45) is 18.9 Å². The number of carbonyl (C=O) groups is 3. The molecule has 1 saturated heterocycles. The Morgan fingerprint density at radius 2 is 2.03 bits per heavy atom. The third kappa shape index (κ3) is 7.54. The number of fused-ring (bicyclic) bond motifs is 1. The SMILES string of the molecule is CC(C)C[C@@H](C(=O)N[C@@H](C[C@@H]1CCNC1=O)C(=O)COC(F)(F)F)N(c1ccc2c(ccn2C)c1)S(=O)[O-]. The maximum Gasteiger partial charge on any atom is 0.522 e. The Balaban J connectivity index is 1.91. The van der Waals surface area contributed by atoms with Crippen molar-refractivity contribution in [3.63, 3.8) is 0 Å². The number of ketones is 1. The lowest BCUT2D eigenvalue weighted by Crippen LogP contribution is -2.54. The first-order chi connectivity index (χ1) is 17.8. The summed E-state index contributed by atoms with van der Waals surface area (Å²) in [5, 5.41) is 5.73. The van der Waals surface area contributed by atoms with Gasteiger partial charge in [-0.2, -0.15) is 0 Å². The molecule has 14 heteroatoms. The van der Waals surface area contributed by atoms with E-state index in [-0.39, 0.29) is 30.4 Å². The maximum absolute atomic E-state index is 13.5. The molecule has 0 saturated carbocycles. The molecule has 2 amide bonds. The molecule has 210 valence electrons. The van der Waals surface area contributed by atoms with Crippen molar-refractivity contribution in [1.29, 1.82) is 0 Å². The molecule has 1 aliphatic rings. The van der Waals surface area contributed by atoms with Gasteiger partial charge in [0.2, 0.25) is 11.8 Å². The second-order valence-corrected chi connectivity index (χ2v) is 10.5. The van der Waals surface area contributed by atoms with Gasteiger partial charge in [-0.25, -0.2) is 0 Å². The van der Waals surface area contributed by atoms with Crippen molar-refractivity contribution in [2.75, 3.05) is 17.5 Å². The average Bonchev–Trinajstić information content (AvgIpc) is 3.40. The largest absolute Gasteiger partial charge is 0.755 e. The fourth-order valence-corrected chi connectivity index (χ4v) is 5.15. The summed E-state index contributed by atoms with van der Waals surface area (Å²) in [6.07, 6.45) is -3.13. The summed E-state index contributed by atoms with van der Waals surface area (Å²) in [5.74, 6) is -3.21. The highest BCUT2D eigenvalue weighted by atomic mass is 32.2. The molecule has 0 bridgehead atoms. The molecule has 2 N–H and O–H groups in total. The summed E-state index contributed by atoms with van der Waals surface area (Å²) in [4.78, 5) is 38.2. The van der Waals surface area contributed by atoms with Gasteiger partial charge in [0.25, 0.3) is 0 Å². The summed E-state index contributed by atoms with van der Waals surface area (Å²) in [5.41, 5.74) is 1.04. The number of aryl methyl sites for hydroxylation is 1. The van der Waals surface area contributed by atoms with E-state index in [1.165, 1.54) is 0 Å². The first kappa shape index (κ1) is 29.6. The number of alkyl halides is 3. The number of carbonyl (C=O) groups excluding carboxylic acids is 3. The molecular formula is C24H30F3N4O6S-. The summed E-state index contributed by atoms with van der Waals surface area (Å²) >= 11 is -2.91. The number of hydrogen-bond donors (Lipinski definition) is 2. The number of hydrogen-bond acceptors (Lipinski definition) is 6. The molecule has 2 heterocycles. The Morgan fingerprint density at radius 3 is 2.61 bits per heavy atom. The van der Waals surface area contributed by atoms with Crippen LogP contribution in [0, 0.1) is 11.8 Å². The summed E-state index contributed by atoms with van der Waals surface area (Å²) in [6, 6.07) is 3.83. The maximum atomic E-state index is 13.5. The molecule has 1 aromatic heterocycles. The van der Waals surface area contributed by atoms with Gasteiger partial charge in [-0.1, -0.05) is 13.8 Å². The van der Waals surface area contributed by atoms with E-state index in [2.05, 4.69) is 15.4 Å². The number of aromatic nitrogens is 1. The van der Waals surface area contributed by atoms with Gasteiger partial charge in [0.15, 0.2) is 5.78 Å². The van der Waals surface area contributed by atoms with E-state index < -0.39 is 53.9 Å². The Labute approximate surface area is 220 Å². The molecule has 0 spiro atoms. The minimum absolute atomic E-state index is 0.0521. The van der Waals surface area contributed by atoms with Gasteiger partial charge >= 0.3 is 6.36 Å². The van der Waals surface area contributed by atoms with Crippen LogP contribution in [0.25, 0.3) is 10.9 Å². The fraction of sp³-hybridized carbons (Fsp3) is 0.542. The third-order valence-electron chi connectivity index (χ3n) is 6.33. The van der Waals surface area contributed by atoms with E-state index >= 15 is 0 Å². The lowest BCUT2D eigenvalue weighted by Gasteiger charge is -2.35. The van der Waals surface area contributed by atoms with Gasteiger partial charge in [0.05, 0.1) is 6.04 Å². The standard InChI is InChI=1S/C24H31F3N4O6S/c1-14(2)10-20(31(38(35)36)17-4-5-19-15(11-17)7-9-30(19)3)23(34)29-18(12-16-6-8-28-22(16)33)21(32)13-37-24(25,26)27/h4-5,7,9,11,14,16,18,20H,6,8,10,12-13H2,1-3H3,(H,28,33)(H,29,34)(H,35,36)/p-1/t16-,18-,20-/m0/s1. The van der Waals surface area contributed by atoms with Gasteiger partial charge in [0.1, 0.15) is 12.6 Å². The third-order valence-corrected chi connectivity index (χ3v) is 7.12. The molecule has 0 aliphatic carbocycles. The number of amides is 2. The van der Waals surface area contributed by atoms with Crippen molar-refractivity contribution >= 4 is 45.5 Å². The number of anilines is 1. The van der Waals surface area contributed by atoms with Crippen LogP contribution in [0.4, 0.5) is 18.9 Å². The molecule has 2 aromatic rings. The summed E-state index contributed by atoms with van der Waals surface area (Å²) in [7, 11) is 1.82. The summed E-state index contributed by atoms with van der Waals surface area (Å²) in [6.45, 7) is 2.52. The Kier molecular flexibility index (Phi) is 9.54. The summed E-state index contributed by atoms with van der Waals surface area (Å²) < 4.78 is 68.9. The lowest BCUT2D eigenvalue weighted by molar-refractivity contribution is -0.321. The number of nitrogens with zero attached hydrogens (tertiary/aromatic N) is 2. The molecule has 1 aliphatic heterocycles. The smallest absolute Gasteiger partial charge is 0.522 e. The Hall–Kier alpha value is -2.97. The average molecular weight is 560 g/mol. The second kappa shape index (κ2) is 12.3. The van der Waals surface area contributed by atoms with Gasteiger partial charge in [-0.3, -0.25) is 27.6 Å². The predicted molar refractivity (Wildman–Crippen MR) is 132 cm³/mol. The van der Waals surface area contributed by atoms with Crippen LogP contribution in [-0.4, -0.2) is 62.5 Å². The van der Waals surface area contributed by atoms with Crippen LogP contribution in [0.3, 0.4) is 0 Å². The van der Waals surface area contributed by atoms with E-state index in [1.54, 1.807) is 44.3 Å². The van der Waals surface area contributed by atoms with Crippen molar-refractivity contribution in [2.45, 2.75) is 51.6 Å². The Bertz CT molecular complexity index is 1200. The van der Waals surface area contributed by atoms with Gasteiger partial charge in [0, 0.05) is 53.6 Å².